The highest BCUT2D eigenvalue weighted by Crippen LogP contribution is 2.62. The van der Waals surface area contributed by atoms with Crippen LogP contribution in [-0.2, 0) is 16.2 Å². The van der Waals surface area contributed by atoms with Crippen LogP contribution in [0.15, 0.2) is 109 Å². The summed E-state index contributed by atoms with van der Waals surface area (Å²) in [5.41, 5.74) is 18.6. The summed E-state index contributed by atoms with van der Waals surface area (Å²) in [5.74, 6) is 0. The van der Waals surface area contributed by atoms with E-state index in [1.54, 1.807) is 0 Å². The molecule has 3 heterocycles. The molecule has 0 saturated carbocycles. The predicted molar refractivity (Wildman–Crippen MR) is 186 cm³/mol. The van der Waals surface area contributed by atoms with E-state index in [2.05, 4.69) is 151 Å². The van der Waals surface area contributed by atoms with Gasteiger partial charge < -0.3 is 0 Å². The van der Waals surface area contributed by atoms with E-state index in [0.717, 1.165) is 33.9 Å². The van der Waals surface area contributed by atoms with Gasteiger partial charge in [0.2, 0.25) is 0 Å². The second-order valence-electron chi connectivity index (χ2n) is 15.0. The van der Waals surface area contributed by atoms with Gasteiger partial charge in [-0.15, -0.1) is 0 Å². The van der Waals surface area contributed by atoms with Crippen molar-refractivity contribution in [1.29, 1.82) is 0 Å². The van der Waals surface area contributed by atoms with Crippen LogP contribution in [0.2, 0.25) is 0 Å². The molecule has 0 N–H and O–H groups in total. The van der Waals surface area contributed by atoms with Gasteiger partial charge in [0.1, 0.15) is 0 Å². The lowest BCUT2D eigenvalue weighted by Gasteiger charge is -2.29. The van der Waals surface area contributed by atoms with Gasteiger partial charge in [-0.1, -0.05) is 126 Å². The van der Waals surface area contributed by atoms with E-state index in [9.17, 15) is 0 Å². The van der Waals surface area contributed by atoms with Gasteiger partial charge in [0.15, 0.2) is 0 Å². The molecule has 4 aromatic carbocycles. The smallest absolute Gasteiger partial charge is 0.0945 e. The molecule has 9 rings (SSSR count). The molecular weight excluding hydrogens is 544 g/mol. The van der Waals surface area contributed by atoms with Crippen molar-refractivity contribution in [2.24, 2.45) is 0 Å². The molecule has 1 spiro atoms. The number of nitrogens with zero attached hydrogens (tertiary/aromatic N) is 2. The Morgan fingerprint density at radius 3 is 1.27 bits per heavy atom. The van der Waals surface area contributed by atoms with E-state index in [4.69, 9.17) is 9.97 Å². The molecule has 1 aliphatic heterocycles. The van der Waals surface area contributed by atoms with Crippen molar-refractivity contribution < 1.29 is 0 Å². The first-order chi connectivity index (χ1) is 21.6. The maximum Gasteiger partial charge on any atom is 0.0945 e. The van der Waals surface area contributed by atoms with Gasteiger partial charge in [0.05, 0.1) is 28.2 Å². The van der Waals surface area contributed by atoms with E-state index in [1.807, 2.05) is 0 Å². The third kappa shape index (κ3) is 3.46. The van der Waals surface area contributed by atoms with Crippen molar-refractivity contribution in [1.82, 2.24) is 9.97 Å². The molecule has 0 atom stereocenters. The number of hydrogen-bond acceptors (Lipinski definition) is 2. The monoisotopic (exact) mass is 580 g/mol. The second-order valence-corrected chi connectivity index (χ2v) is 15.0. The Hall–Kier alpha value is -4.82. The van der Waals surface area contributed by atoms with E-state index >= 15 is 0 Å². The zero-order valence-corrected chi connectivity index (χ0v) is 26.8. The number of benzene rings is 4. The van der Waals surface area contributed by atoms with Crippen molar-refractivity contribution >= 4 is 0 Å². The first-order valence-corrected chi connectivity index (χ1v) is 16.1. The first-order valence-electron chi connectivity index (χ1n) is 16.1. The normalized spacial score (nSPS) is 14.6. The molecule has 0 fully saturated rings. The Balaban J connectivity index is 1.42. The van der Waals surface area contributed by atoms with Gasteiger partial charge in [-0.2, -0.15) is 0 Å². The second kappa shape index (κ2) is 8.67. The van der Waals surface area contributed by atoms with Crippen molar-refractivity contribution in [3.05, 3.63) is 143 Å². The lowest BCUT2D eigenvalue weighted by molar-refractivity contribution is 0.585. The fourth-order valence-corrected chi connectivity index (χ4v) is 8.33. The van der Waals surface area contributed by atoms with E-state index in [1.165, 1.54) is 55.6 Å². The summed E-state index contributed by atoms with van der Waals surface area (Å²) in [4.78, 5) is 11.0. The average molecular weight is 581 g/mol. The Morgan fingerprint density at radius 1 is 0.422 bits per heavy atom. The number of rotatable bonds is 0. The Bertz CT molecular complexity index is 2080. The van der Waals surface area contributed by atoms with Crippen LogP contribution in [-0.4, -0.2) is 9.97 Å². The molecule has 2 heteroatoms. The first kappa shape index (κ1) is 26.6. The highest BCUT2D eigenvalue weighted by molar-refractivity contribution is 5.94. The van der Waals surface area contributed by atoms with Gasteiger partial charge in [-0.3, -0.25) is 0 Å². The van der Waals surface area contributed by atoms with Crippen molar-refractivity contribution in [2.45, 2.75) is 57.8 Å². The molecule has 2 nitrogen and oxygen atoms in total. The zero-order valence-electron chi connectivity index (χ0n) is 26.8. The minimum atomic E-state index is -0.447. The number of fused-ring (bicyclic) bond motifs is 16. The highest BCUT2D eigenvalue weighted by Gasteiger charge is 2.53. The van der Waals surface area contributed by atoms with Crippen LogP contribution in [0.1, 0.15) is 74.9 Å². The summed E-state index contributed by atoms with van der Waals surface area (Å²) >= 11 is 0. The standard InChI is InChI=1S/C43H36N2/c1-41(2,3)31-17-15-25-23-29(31)30-24-26(16-18-32(30)42(4,5)6)38-22-20-36-40(45-38)39-35(19-21-37(25)44-39)43(36)33-13-9-7-11-27(33)28-12-8-10-14-34(28)43/h7-24H,1-6H3. The third-order valence-corrected chi connectivity index (χ3v) is 10.3. The fourth-order valence-electron chi connectivity index (χ4n) is 8.33. The lowest BCUT2D eigenvalue weighted by atomic mass is 9.71. The Labute approximate surface area is 265 Å². The van der Waals surface area contributed by atoms with Crippen LogP contribution >= 0.6 is 0 Å². The minimum Gasteiger partial charge on any atom is -0.246 e. The highest BCUT2D eigenvalue weighted by atomic mass is 14.8. The molecule has 2 aliphatic carbocycles. The summed E-state index contributed by atoms with van der Waals surface area (Å²) in [7, 11) is 0. The van der Waals surface area contributed by atoms with Crippen LogP contribution < -0.4 is 0 Å². The van der Waals surface area contributed by atoms with Crippen LogP contribution in [0.5, 0.6) is 0 Å². The molecule has 3 aliphatic rings. The van der Waals surface area contributed by atoms with Gasteiger partial charge in [-0.25, -0.2) is 9.97 Å². The van der Waals surface area contributed by atoms with Crippen LogP contribution in [0.25, 0.3) is 56.2 Å². The minimum absolute atomic E-state index is 0.0237. The summed E-state index contributed by atoms with van der Waals surface area (Å²) in [5, 5.41) is 0. The lowest BCUT2D eigenvalue weighted by Crippen LogP contribution is -2.26. The summed E-state index contributed by atoms with van der Waals surface area (Å²) < 4.78 is 0. The van der Waals surface area contributed by atoms with Crippen LogP contribution in [0, 0.1) is 0 Å². The fraction of sp³-hybridized carbons (Fsp3) is 0.209. The third-order valence-electron chi connectivity index (χ3n) is 10.3. The summed E-state index contributed by atoms with van der Waals surface area (Å²) in [6.07, 6.45) is 0. The van der Waals surface area contributed by atoms with E-state index < -0.39 is 5.41 Å². The molecule has 8 bridgehead atoms. The van der Waals surface area contributed by atoms with Gasteiger partial charge in [0.25, 0.3) is 0 Å². The quantitative estimate of drug-likeness (QED) is 0.178. The van der Waals surface area contributed by atoms with Crippen molar-refractivity contribution in [3.63, 3.8) is 0 Å². The molecule has 45 heavy (non-hydrogen) atoms. The molecule has 0 saturated heterocycles. The number of aromatic nitrogens is 2. The molecule has 0 unspecified atom stereocenters. The van der Waals surface area contributed by atoms with Crippen LogP contribution in [0.3, 0.4) is 0 Å². The topological polar surface area (TPSA) is 25.8 Å². The summed E-state index contributed by atoms with van der Waals surface area (Å²) in [6, 6.07) is 40.9. The van der Waals surface area contributed by atoms with E-state index in [-0.39, 0.29) is 10.8 Å². The van der Waals surface area contributed by atoms with Gasteiger partial charge in [0, 0.05) is 11.1 Å². The number of hydrogen-bond donors (Lipinski definition) is 0. The van der Waals surface area contributed by atoms with Crippen molar-refractivity contribution in [3.8, 4) is 56.2 Å². The maximum absolute atomic E-state index is 5.51. The predicted octanol–water partition coefficient (Wildman–Crippen LogP) is 10.7. The molecule has 0 amide bonds. The molecular formula is C43H36N2. The van der Waals surface area contributed by atoms with E-state index in [0.29, 0.717) is 0 Å². The maximum atomic E-state index is 5.51. The molecule has 2 aromatic heterocycles. The largest absolute Gasteiger partial charge is 0.246 e. The summed E-state index contributed by atoms with van der Waals surface area (Å²) in [6.45, 7) is 13.9. The van der Waals surface area contributed by atoms with Gasteiger partial charge in [-0.05, 0) is 90.7 Å². The Morgan fingerprint density at radius 2 is 0.844 bits per heavy atom. The number of pyridine rings is 2. The van der Waals surface area contributed by atoms with Crippen LogP contribution in [0.4, 0.5) is 0 Å². The SMILES string of the molecule is CC(C)(C)c1ccc2cc1-c1cc(ccc1C(C)(C)C)-c1ccc3c(n1)-c1nc-2ccc1C31c2ccccc2-c2ccccc21. The van der Waals surface area contributed by atoms with Gasteiger partial charge >= 0.3 is 0 Å². The van der Waals surface area contributed by atoms with Crippen molar-refractivity contribution in [2.75, 3.05) is 0 Å². The average Bonchev–Trinajstić information content (AvgIpc) is 3.49. The Kier molecular flexibility index (Phi) is 5.12. The molecule has 6 aromatic rings. The molecule has 218 valence electrons. The zero-order chi connectivity index (χ0) is 30.9. The molecule has 0 radical (unpaired) electrons.